The summed E-state index contributed by atoms with van der Waals surface area (Å²) in [6, 6.07) is 15.9. The first-order chi connectivity index (χ1) is 13.3. The van der Waals surface area contributed by atoms with Gasteiger partial charge in [0.2, 0.25) is 0 Å². The van der Waals surface area contributed by atoms with E-state index >= 15 is 0 Å². The quantitative estimate of drug-likeness (QED) is 0.627. The van der Waals surface area contributed by atoms with E-state index in [0.717, 1.165) is 16.9 Å². The van der Waals surface area contributed by atoms with Crippen LogP contribution in [0.15, 0.2) is 67.0 Å². The molecular formula is C23H24FN3O. The molecule has 0 radical (unpaired) electrons. The van der Waals surface area contributed by atoms with Crippen LogP contribution in [-0.2, 0) is 12.0 Å². The Labute approximate surface area is 164 Å². The van der Waals surface area contributed by atoms with Crippen molar-refractivity contribution in [2.45, 2.75) is 32.7 Å². The lowest BCUT2D eigenvalue weighted by atomic mass is 9.87. The lowest BCUT2D eigenvalue weighted by Gasteiger charge is -2.19. The van der Waals surface area contributed by atoms with Crippen LogP contribution in [0, 0.1) is 5.82 Å². The van der Waals surface area contributed by atoms with E-state index < -0.39 is 0 Å². The molecule has 2 aromatic carbocycles. The van der Waals surface area contributed by atoms with E-state index in [-0.39, 0.29) is 17.1 Å². The highest BCUT2D eigenvalue weighted by Crippen LogP contribution is 2.23. The first-order valence-electron chi connectivity index (χ1n) is 9.16. The van der Waals surface area contributed by atoms with Gasteiger partial charge in [0.1, 0.15) is 5.82 Å². The van der Waals surface area contributed by atoms with E-state index in [1.165, 1.54) is 23.9 Å². The molecule has 0 atom stereocenters. The Balaban J connectivity index is 1.64. The Kier molecular flexibility index (Phi) is 5.73. The van der Waals surface area contributed by atoms with Crippen molar-refractivity contribution >= 4 is 17.3 Å². The van der Waals surface area contributed by atoms with Gasteiger partial charge in [-0.05, 0) is 46.9 Å². The van der Waals surface area contributed by atoms with Crippen molar-refractivity contribution in [2.24, 2.45) is 0 Å². The molecule has 1 heterocycles. The molecule has 0 spiro atoms. The first-order valence-corrected chi connectivity index (χ1v) is 9.16. The second-order valence-electron chi connectivity index (χ2n) is 7.72. The molecule has 0 bridgehead atoms. The molecule has 0 aliphatic heterocycles. The molecule has 4 nitrogen and oxygen atoms in total. The van der Waals surface area contributed by atoms with Gasteiger partial charge in [-0.25, -0.2) is 4.39 Å². The van der Waals surface area contributed by atoms with Gasteiger partial charge >= 0.3 is 0 Å². The van der Waals surface area contributed by atoms with Gasteiger partial charge in [0.15, 0.2) is 0 Å². The number of anilines is 2. The van der Waals surface area contributed by atoms with Crippen LogP contribution < -0.4 is 10.6 Å². The van der Waals surface area contributed by atoms with Gasteiger partial charge in [-0.3, -0.25) is 9.78 Å². The third-order valence-corrected chi connectivity index (χ3v) is 4.42. The second-order valence-corrected chi connectivity index (χ2v) is 7.72. The molecule has 144 valence electrons. The topological polar surface area (TPSA) is 54.0 Å². The number of amides is 1. The number of pyridine rings is 1. The van der Waals surface area contributed by atoms with E-state index in [9.17, 15) is 9.18 Å². The van der Waals surface area contributed by atoms with Crippen molar-refractivity contribution in [3.63, 3.8) is 0 Å². The maximum atomic E-state index is 13.0. The van der Waals surface area contributed by atoms with Gasteiger partial charge in [-0.2, -0.15) is 0 Å². The Morgan fingerprint density at radius 3 is 2.29 bits per heavy atom. The number of halogens is 1. The normalized spacial score (nSPS) is 11.1. The smallest absolute Gasteiger partial charge is 0.257 e. The predicted molar refractivity (Wildman–Crippen MR) is 111 cm³/mol. The zero-order valence-corrected chi connectivity index (χ0v) is 16.3. The summed E-state index contributed by atoms with van der Waals surface area (Å²) in [5.74, 6) is -0.485. The van der Waals surface area contributed by atoms with Gasteiger partial charge in [0, 0.05) is 24.6 Å². The zero-order chi connectivity index (χ0) is 20.1. The third kappa shape index (κ3) is 5.16. The third-order valence-electron chi connectivity index (χ3n) is 4.42. The van der Waals surface area contributed by atoms with Gasteiger partial charge in [-0.15, -0.1) is 0 Å². The van der Waals surface area contributed by atoms with Crippen LogP contribution in [0.2, 0.25) is 0 Å². The SMILES string of the molecule is CC(C)(C)c1ccc(NC(=O)c2cncc(NCc3ccc(F)cc3)c2)cc1. The van der Waals surface area contributed by atoms with E-state index in [1.807, 2.05) is 24.3 Å². The van der Waals surface area contributed by atoms with Crippen LogP contribution >= 0.6 is 0 Å². The molecule has 3 aromatic rings. The number of hydrogen-bond donors (Lipinski definition) is 2. The maximum absolute atomic E-state index is 13.0. The number of nitrogens with one attached hydrogen (secondary N) is 2. The summed E-state index contributed by atoms with van der Waals surface area (Å²) in [5.41, 5.74) is 4.14. The molecule has 0 aliphatic carbocycles. The molecule has 0 fully saturated rings. The fourth-order valence-corrected chi connectivity index (χ4v) is 2.72. The van der Waals surface area contributed by atoms with Crippen molar-refractivity contribution in [3.8, 4) is 0 Å². The number of carbonyl (C=O) groups is 1. The minimum absolute atomic E-state index is 0.0665. The van der Waals surface area contributed by atoms with E-state index in [4.69, 9.17) is 0 Å². The van der Waals surface area contributed by atoms with Crippen molar-refractivity contribution in [1.29, 1.82) is 0 Å². The molecule has 0 aliphatic rings. The molecule has 3 rings (SSSR count). The number of aromatic nitrogens is 1. The van der Waals surface area contributed by atoms with Crippen LogP contribution in [-0.4, -0.2) is 10.9 Å². The summed E-state index contributed by atoms with van der Waals surface area (Å²) in [7, 11) is 0. The predicted octanol–water partition coefficient (Wildman–Crippen LogP) is 5.38. The van der Waals surface area contributed by atoms with Crippen LogP contribution in [0.25, 0.3) is 0 Å². The zero-order valence-electron chi connectivity index (χ0n) is 16.3. The minimum Gasteiger partial charge on any atom is -0.380 e. The van der Waals surface area contributed by atoms with E-state index in [0.29, 0.717) is 12.1 Å². The molecule has 5 heteroatoms. The molecule has 2 N–H and O–H groups in total. The summed E-state index contributed by atoms with van der Waals surface area (Å²) >= 11 is 0. The minimum atomic E-state index is -0.264. The Morgan fingerprint density at radius 2 is 1.64 bits per heavy atom. The van der Waals surface area contributed by atoms with E-state index in [2.05, 4.69) is 36.4 Å². The van der Waals surface area contributed by atoms with Crippen LogP contribution in [0.1, 0.15) is 42.3 Å². The van der Waals surface area contributed by atoms with Crippen molar-refractivity contribution in [1.82, 2.24) is 4.98 Å². The Hall–Kier alpha value is -3.21. The van der Waals surface area contributed by atoms with E-state index in [1.54, 1.807) is 24.4 Å². The average Bonchev–Trinajstić information content (AvgIpc) is 2.67. The van der Waals surface area contributed by atoms with Gasteiger partial charge in [0.25, 0.3) is 5.91 Å². The van der Waals surface area contributed by atoms with Crippen molar-refractivity contribution in [3.05, 3.63) is 89.5 Å². The number of carbonyl (C=O) groups excluding carboxylic acids is 1. The number of benzene rings is 2. The average molecular weight is 377 g/mol. The summed E-state index contributed by atoms with van der Waals surface area (Å²) in [6.45, 7) is 6.96. The highest BCUT2D eigenvalue weighted by atomic mass is 19.1. The summed E-state index contributed by atoms with van der Waals surface area (Å²) in [4.78, 5) is 16.7. The fraction of sp³-hybridized carbons (Fsp3) is 0.217. The molecular weight excluding hydrogens is 353 g/mol. The lowest BCUT2D eigenvalue weighted by Crippen LogP contribution is -2.14. The molecule has 28 heavy (non-hydrogen) atoms. The van der Waals surface area contributed by atoms with Gasteiger partial charge in [-0.1, -0.05) is 45.0 Å². The van der Waals surface area contributed by atoms with Crippen molar-refractivity contribution in [2.75, 3.05) is 10.6 Å². The number of hydrogen-bond acceptors (Lipinski definition) is 3. The summed E-state index contributed by atoms with van der Waals surface area (Å²) < 4.78 is 13.0. The van der Waals surface area contributed by atoms with Gasteiger partial charge < -0.3 is 10.6 Å². The Morgan fingerprint density at radius 1 is 0.964 bits per heavy atom. The summed E-state index contributed by atoms with van der Waals surface area (Å²) in [5, 5.41) is 6.09. The van der Waals surface area contributed by atoms with Crippen LogP contribution in [0.3, 0.4) is 0 Å². The molecule has 1 amide bonds. The molecule has 1 aromatic heterocycles. The second kappa shape index (κ2) is 8.21. The maximum Gasteiger partial charge on any atom is 0.257 e. The number of rotatable bonds is 5. The fourth-order valence-electron chi connectivity index (χ4n) is 2.72. The van der Waals surface area contributed by atoms with Crippen LogP contribution in [0.4, 0.5) is 15.8 Å². The standard InChI is InChI=1S/C23H24FN3O/c1-23(2,3)18-6-10-20(11-7-18)27-22(28)17-12-21(15-25-14-17)26-13-16-4-8-19(24)9-5-16/h4-12,14-15,26H,13H2,1-3H3,(H,27,28). The summed E-state index contributed by atoms with van der Waals surface area (Å²) in [6.07, 6.45) is 3.18. The van der Waals surface area contributed by atoms with Crippen molar-refractivity contribution < 1.29 is 9.18 Å². The first kappa shape index (κ1) is 19.5. The number of nitrogens with zero attached hydrogens (tertiary/aromatic N) is 1. The Bertz CT molecular complexity index is 945. The highest BCUT2D eigenvalue weighted by molar-refractivity contribution is 6.04. The largest absolute Gasteiger partial charge is 0.380 e. The lowest BCUT2D eigenvalue weighted by molar-refractivity contribution is 0.102. The monoisotopic (exact) mass is 377 g/mol. The van der Waals surface area contributed by atoms with Crippen LogP contribution in [0.5, 0.6) is 0 Å². The molecule has 0 saturated carbocycles. The highest BCUT2D eigenvalue weighted by Gasteiger charge is 2.13. The van der Waals surface area contributed by atoms with Gasteiger partial charge in [0.05, 0.1) is 11.3 Å². The molecule has 0 unspecified atom stereocenters. The molecule has 0 saturated heterocycles.